The Kier molecular flexibility index (Phi) is 4.92. The first-order chi connectivity index (χ1) is 11.5. The quantitative estimate of drug-likeness (QED) is 0.684. The van der Waals surface area contributed by atoms with Crippen LogP contribution in [-0.4, -0.2) is 9.97 Å². The monoisotopic (exact) mass is 378 g/mol. The molecular weight excluding hydrogens is 367 g/mol. The van der Waals surface area contributed by atoms with Crippen molar-refractivity contribution in [3.05, 3.63) is 63.1 Å². The zero-order chi connectivity index (χ0) is 17.3. The molecule has 0 bridgehead atoms. The molecular formula is C17H13Cl3N4. The van der Waals surface area contributed by atoms with Gasteiger partial charge in [-0.2, -0.15) is 0 Å². The lowest BCUT2D eigenvalue weighted by Gasteiger charge is -2.13. The first-order valence-corrected chi connectivity index (χ1v) is 8.21. The molecule has 0 saturated carbocycles. The van der Waals surface area contributed by atoms with Gasteiger partial charge < -0.3 is 11.5 Å². The maximum absolute atomic E-state index is 6.32. The van der Waals surface area contributed by atoms with Crippen LogP contribution in [0.25, 0.3) is 22.6 Å². The lowest BCUT2D eigenvalue weighted by Crippen LogP contribution is -2.09. The van der Waals surface area contributed by atoms with Gasteiger partial charge in [-0.25, -0.2) is 9.97 Å². The van der Waals surface area contributed by atoms with Crippen LogP contribution in [0.3, 0.4) is 0 Å². The van der Waals surface area contributed by atoms with E-state index in [2.05, 4.69) is 9.97 Å². The highest BCUT2D eigenvalue weighted by Crippen LogP contribution is 2.34. The molecule has 3 aromatic rings. The van der Waals surface area contributed by atoms with Crippen molar-refractivity contribution >= 4 is 40.6 Å². The normalized spacial score (nSPS) is 10.8. The number of nitrogen functional groups attached to an aromatic ring is 1. The first-order valence-electron chi connectivity index (χ1n) is 7.07. The van der Waals surface area contributed by atoms with Crippen LogP contribution in [0.4, 0.5) is 5.82 Å². The number of rotatable bonds is 3. The molecule has 0 unspecified atom stereocenters. The van der Waals surface area contributed by atoms with E-state index in [0.29, 0.717) is 43.5 Å². The summed E-state index contributed by atoms with van der Waals surface area (Å²) in [7, 11) is 0. The van der Waals surface area contributed by atoms with Gasteiger partial charge in [0.25, 0.3) is 0 Å². The van der Waals surface area contributed by atoms with Crippen molar-refractivity contribution in [2.45, 2.75) is 6.54 Å². The molecule has 0 atom stereocenters. The number of hydrogen-bond donors (Lipinski definition) is 2. The maximum atomic E-state index is 6.32. The van der Waals surface area contributed by atoms with Crippen LogP contribution in [0, 0.1) is 0 Å². The second-order valence-electron chi connectivity index (χ2n) is 5.09. The van der Waals surface area contributed by atoms with E-state index in [1.54, 1.807) is 30.3 Å². The molecule has 0 aliphatic carbocycles. The average Bonchev–Trinajstić information content (AvgIpc) is 2.55. The van der Waals surface area contributed by atoms with Crippen molar-refractivity contribution < 1.29 is 0 Å². The summed E-state index contributed by atoms with van der Waals surface area (Å²) >= 11 is 18.2. The summed E-state index contributed by atoms with van der Waals surface area (Å²) in [5, 5.41) is 1.64. The van der Waals surface area contributed by atoms with Gasteiger partial charge in [0.2, 0.25) is 0 Å². The van der Waals surface area contributed by atoms with E-state index in [9.17, 15) is 0 Å². The van der Waals surface area contributed by atoms with Gasteiger partial charge in [0.15, 0.2) is 5.82 Å². The Hall–Kier alpha value is -1.85. The second-order valence-corrected chi connectivity index (χ2v) is 6.37. The van der Waals surface area contributed by atoms with Gasteiger partial charge in [-0.1, -0.05) is 34.8 Å². The lowest BCUT2D eigenvalue weighted by atomic mass is 10.1. The van der Waals surface area contributed by atoms with Crippen LogP contribution < -0.4 is 11.5 Å². The largest absolute Gasteiger partial charge is 0.383 e. The van der Waals surface area contributed by atoms with E-state index >= 15 is 0 Å². The number of hydrogen-bond acceptors (Lipinski definition) is 4. The average molecular weight is 380 g/mol. The first kappa shape index (κ1) is 17.0. The molecule has 1 heterocycles. The third kappa shape index (κ3) is 3.32. The standard InChI is InChI=1S/C17H13Cl3N4/c18-10-3-1-9(2-4-10)17-23-15(13(8-21)16(22)24-17)12-6-5-11(19)7-14(12)20/h1-7H,8,21H2,(H2,22,23,24). The molecule has 0 aliphatic heterocycles. The number of benzene rings is 2. The Morgan fingerprint density at radius 3 is 2.17 bits per heavy atom. The van der Waals surface area contributed by atoms with E-state index < -0.39 is 0 Å². The molecule has 0 amide bonds. The van der Waals surface area contributed by atoms with Gasteiger partial charge in [0, 0.05) is 33.3 Å². The smallest absolute Gasteiger partial charge is 0.162 e. The summed E-state index contributed by atoms with van der Waals surface area (Å²) in [6.45, 7) is 0.195. The zero-order valence-electron chi connectivity index (χ0n) is 12.4. The predicted molar refractivity (Wildman–Crippen MR) is 100 cm³/mol. The van der Waals surface area contributed by atoms with Crippen LogP contribution in [0.5, 0.6) is 0 Å². The molecule has 0 aliphatic rings. The molecule has 0 spiro atoms. The number of anilines is 1. The third-order valence-corrected chi connectivity index (χ3v) is 4.33. The molecule has 24 heavy (non-hydrogen) atoms. The summed E-state index contributed by atoms with van der Waals surface area (Å²) in [4.78, 5) is 8.98. The minimum absolute atomic E-state index is 0.195. The molecule has 1 aromatic heterocycles. The Morgan fingerprint density at radius 2 is 1.54 bits per heavy atom. The van der Waals surface area contributed by atoms with E-state index in [4.69, 9.17) is 46.3 Å². The SMILES string of the molecule is NCc1c(N)nc(-c2ccc(Cl)cc2)nc1-c1ccc(Cl)cc1Cl. The summed E-state index contributed by atoms with van der Waals surface area (Å²) in [5.74, 6) is 0.792. The van der Waals surface area contributed by atoms with Gasteiger partial charge in [-0.05, 0) is 42.5 Å². The molecule has 122 valence electrons. The minimum Gasteiger partial charge on any atom is -0.383 e. The Balaban J connectivity index is 2.22. The van der Waals surface area contributed by atoms with Crippen molar-refractivity contribution in [1.29, 1.82) is 0 Å². The molecule has 4 N–H and O–H groups in total. The fraction of sp³-hybridized carbons (Fsp3) is 0.0588. The Morgan fingerprint density at radius 1 is 0.875 bits per heavy atom. The number of nitrogens with two attached hydrogens (primary N) is 2. The maximum Gasteiger partial charge on any atom is 0.162 e. The summed E-state index contributed by atoms with van der Waals surface area (Å²) in [5.41, 5.74) is 14.6. The summed E-state index contributed by atoms with van der Waals surface area (Å²) < 4.78 is 0. The van der Waals surface area contributed by atoms with E-state index in [-0.39, 0.29) is 6.54 Å². The molecule has 0 radical (unpaired) electrons. The van der Waals surface area contributed by atoms with Crippen LogP contribution in [0.15, 0.2) is 42.5 Å². The van der Waals surface area contributed by atoms with Crippen molar-refractivity contribution in [2.24, 2.45) is 5.73 Å². The third-order valence-electron chi connectivity index (χ3n) is 3.53. The van der Waals surface area contributed by atoms with Gasteiger partial charge >= 0.3 is 0 Å². The molecule has 0 saturated heterocycles. The number of halogens is 3. The van der Waals surface area contributed by atoms with Crippen molar-refractivity contribution in [3.63, 3.8) is 0 Å². The molecule has 0 fully saturated rings. The molecule has 2 aromatic carbocycles. The van der Waals surface area contributed by atoms with E-state index in [1.165, 1.54) is 0 Å². The van der Waals surface area contributed by atoms with Gasteiger partial charge in [0.05, 0.1) is 10.7 Å². The minimum atomic E-state index is 0.195. The Bertz CT molecular complexity index is 895. The Labute approximate surface area is 154 Å². The van der Waals surface area contributed by atoms with Gasteiger partial charge in [-0.15, -0.1) is 0 Å². The van der Waals surface area contributed by atoms with Gasteiger partial charge in [0.1, 0.15) is 5.82 Å². The van der Waals surface area contributed by atoms with Crippen molar-refractivity contribution in [3.8, 4) is 22.6 Å². The van der Waals surface area contributed by atoms with Gasteiger partial charge in [-0.3, -0.25) is 0 Å². The fourth-order valence-corrected chi connectivity index (χ4v) is 2.96. The van der Waals surface area contributed by atoms with E-state index in [0.717, 1.165) is 5.56 Å². The molecule has 7 heteroatoms. The molecule has 4 nitrogen and oxygen atoms in total. The lowest BCUT2D eigenvalue weighted by molar-refractivity contribution is 1.03. The summed E-state index contributed by atoms with van der Waals surface area (Å²) in [6, 6.07) is 12.4. The number of nitrogens with zero attached hydrogens (tertiary/aromatic N) is 2. The highest BCUT2D eigenvalue weighted by molar-refractivity contribution is 6.36. The predicted octanol–water partition coefficient (Wildman–Crippen LogP) is 4.81. The van der Waals surface area contributed by atoms with Crippen LogP contribution >= 0.6 is 34.8 Å². The van der Waals surface area contributed by atoms with Crippen LogP contribution in [0.1, 0.15) is 5.56 Å². The molecule has 3 rings (SSSR count). The highest BCUT2D eigenvalue weighted by Gasteiger charge is 2.16. The summed E-state index contributed by atoms with van der Waals surface area (Å²) in [6.07, 6.45) is 0. The van der Waals surface area contributed by atoms with Crippen LogP contribution in [0.2, 0.25) is 15.1 Å². The van der Waals surface area contributed by atoms with Crippen molar-refractivity contribution in [1.82, 2.24) is 9.97 Å². The van der Waals surface area contributed by atoms with Crippen LogP contribution in [-0.2, 0) is 6.54 Å². The topological polar surface area (TPSA) is 77.8 Å². The highest BCUT2D eigenvalue weighted by atomic mass is 35.5. The zero-order valence-corrected chi connectivity index (χ0v) is 14.7. The van der Waals surface area contributed by atoms with Crippen molar-refractivity contribution in [2.75, 3.05) is 5.73 Å². The number of aromatic nitrogens is 2. The fourth-order valence-electron chi connectivity index (χ4n) is 2.33. The van der Waals surface area contributed by atoms with E-state index in [1.807, 2.05) is 12.1 Å². The second kappa shape index (κ2) is 6.95.